The van der Waals surface area contributed by atoms with Gasteiger partial charge in [0, 0.05) is 39.7 Å². The quantitative estimate of drug-likeness (QED) is 0.564. The van der Waals surface area contributed by atoms with E-state index in [0.717, 1.165) is 6.20 Å². The van der Waals surface area contributed by atoms with Gasteiger partial charge in [-0.2, -0.15) is 5.10 Å². The van der Waals surface area contributed by atoms with Crippen LogP contribution in [0, 0.1) is 11.6 Å². The van der Waals surface area contributed by atoms with Gasteiger partial charge in [-0.3, -0.25) is 9.35 Å². The maximum Gasteiger partial charge on any atom is 0.212 e. The first-order valence-electron chi connectivity index (χ1n) is 10.0. The Bertz CT molecular complexity index is 1220. The Morgan fingerprint density at radius 1 is 1.25 bits per heavy atom. The molecule has 0 aliphatic carbocycles. The van der Waals surface area contributed by atoms with Crippen LogP contribution in [0.4, 0.5) is 14.6 Å². The van der Waals surface area contributed by atoms with Gasteiger partial charge in [0.05, 0.1) is 19.9 Å². The molecule has 3 heterocycles. The minimum atomic E-state index is -2.63. The largest absolute Gasteiger partial charge is 0.481 e. The molecule has 0 bridgehead atoms. The van der Waals surface area contributed by atoms with E-state index in [1.54, 1.807) is 29.2 Å². The van der Waals surface area contributed by atoms with Gasteiger partial charge < -0.3 is 9.64 Å². The molecule has 1 unspecified atom stereocenters. The van der Waals surface area contributed by atoms with Crippen molar-refractivity contribution >= 4 is 21.4 Å². The Labute approximate surface area is 185 Å². The molecule has 1 atom stereocenters. The molecule has 1 fully saturated rings. The molecule has 2 N–H and O–H groups in total. The topological polar surface area (TPSA) is 99.2 Å². The minimum Gasteiger partial charge on any atom is -0.481 e. The number of aromatic nitrogens is 4. The molecule has 1 aliphatic heterocycles. The van der Waals surface area contributed by atoms with Crippen molar-refractivity contribution < 1.29 is 17.7 Å². The van der Waals surface area contributed by atoms with E-state index in [1.807, 2.05) is 0 Å². The summed E-state index contributed by atoms with van der Waals surface area (Å²) in [6, 6.07) is 8.02. The molecule has 32 heavy (non-hydrogen) atoms. The number of methoxy groups -OCH3 is 1. The first-order valence-corrected chi connectivity index (χ1v) is 11.9. The summed E-state index contributed by atoms with van der Waals surface area (Å²) in [6.45, 7) is 1.06. The van der Waals surface area contributed by atoms with E-state index in [0.29, 0.717) is 43.1 Å². The molecule has 2 aromatic heterocycles. The molecule has 4 rings (SSSR count). The van der Waals surface area contributed by atoms with E-state index < -0.39 is 15.5 Å². The lowest BCUT2D eigenvalue weighted by atomic mass is 10.1. The smallest absolute Gasteiger partial charge is 0.212 e. The van der Waals surface area contributed by atoms with Crippen LogP contribution >= 0.6 is 0 Å². The standard InChI is InChI=1S/C21H24F2N6O2S/c1-31-19-11-18(27-29(19)13-14-5-3-4-6-16(14)22)20-25-12-17(23)21(26-20)28-9-7-15(8-10-28)32(2,24)30/h3-6,11-12,15H,2,7-10,13H2,1H3,(H2,24,30). The van der Waals surface area contributed by atoms with Gasteiger partial charge in [0.15, 0.2) is 17.5 Å². The summed E-state index contributed by atoms with van der Waals surface area (Å²) in [5.74, 6) is 3.40. The van der Waals surface area contributed by atoms with Gasteiger partial charge in [-0.25, -0.2) is 23.4 Å². The molecular formula is C21H24F2N6O2S. The first kappa shape index (κ1) is 22.2. The van der Waals surface area contributed by atoms with E-state index in [2.05, 4.69) is 20.9 Å². The van der Waals surface area contributed by atoms with Gasteiger partial charge in [0.1, 0.15) is 11.5 Å². The zero-order chi connectivity index (χ0) is 22.9. The van der Waals surface area contributed by atoms with Crippen LogP contribution in [0.15, 0.2) is 36.5 Å². The Hall–Kier alpha value is -3.05. The molecule has 8 nitrogen and oxygen atoms in total. The zero-order valence-electron chi connectivity index (χ0n) is 17.6. The van der Waals surface area contributed by atoms with Crippen molar-refractivity contribution in [2.24, 2.45) is 5.14 Å². The van der Waals surface area contributed by atoms with Crippen LogP contribution in [0.1, 0.15) is 18.4 Å². The van der Waals surface area contributed by atoms with Gasteiger partial charge >= 0.3 is 0 Å². The average Bonchev–Trinajstić information content (AvgIpc) is 3.18. The maximum atomic E-state index is 14.5. The Balaban J connectivity index is 1.60. The fraction of sp³-hybridized carbons (Fsp3) is 0.333. The predicted octanol–water partition coefficient (Wildman–Crippen LogP) is 2.23. The second-order valence-corrected chi connectivity index (χ2v) is 9.88. The number of nitrogens with two attached hydrogens (primary N) is 1. The highest BCUT2D eigenvalue weighted by atomic mass is 32.2. The number of ether oxygens (including phenoxy) is 1. The van der Waals surface area contributed by atoms with Crippen LogP contribution in [-0.2, 0) is 16.3 Å². The normalized spacial score (nSPS) is 16.7. The molecule has 0 radical (unpaired) electrons. The van der Waals surface area contributed by atoms with Gasteiger partial charge in [0.2, 0.25) is 5.88 Å². The minimum absolute atomic E-state index is 0.142. The van der Waals surface area contributed by atoms with Crippen LogP contribution in [0.5, 0.6) is 5.88 Å². The highest BCUT2D eigenvalue weighted by Crippen LogP contribution is 2.27. The molecule has 0 amide bonds. The Morgan fingerprint density at radius 3 is 2.62 bits per heavy atom. The van der Waals surface area contributed by atoms with Crippen LogP contribution < -0.4 is 14.8 Å². The van der Waals surface area contributed by atoms with Crippen LogP contribution in [0.2, 0.25) is 0 Å². The number of rotatable bonds is 6. The van der Waals surface area contributed by atoms with E-state index >= 15 is 0 Å². The lowest BCUT2D eigenvalue weighted by Gasteiger charge is -2.33. The molecule has 11 heteroatoms. The Morgan fingerprint density at radius 2 is 1.97 bits per heavy atom. The van der Waals surface area contributed by atoms with Crippen molar-refractivity contribution in [3.05, 3.63) is 53.7 Å². The van der Waals surface area contributed by atoms with Gasteiger partial charge in [0.25, 0.3) is 0 Å². The predicted molar refractivity (Wildman–Crippen MR) is 120 cm³/mol. The number of halogens is 2. The van der Waals surface area contributed by atoms with E-state index in [4.69, 9.17) is 9.88 Å². The van der Waals surface area contributed by atoms with Crippen molar-refractivity contribution in [3.63, 3.8) is 0 Å². The number of nitrogens with zero attached hydrogens (tertiary/aromatic N) is 5. The molecule has 170 valence electrons. The third kappa shape index (κ3) is 4.58. The van der Waals surface area contributed by atoms with Crippen LogP contribution in [-0.4, -0.2) is 55.3 Å². The van der Waals surface area contributed by atoms with E-state index in [-0.39, 0.29) is 29.3 Å². The van der Waals surface area contributed by atoms with E-state index in [9.17, 15) is 13.0 Å². The average molecular weight is 463 g/mol. The molecule has 3 aromatic rings. The number of piperidine rings is 1. The SMILES string of the molecule is C=S(N)(=O)C1CCN(c2nc(-c3cc(OC)n(Cc4ccccc4F)n3)ncc2F)CC1. The summed E-state index contributed by atoms with van der Waals surface area (Å²) in [4.78, 5) is 10.2. The maximum absolute atomic E-state index is 14.5. The fourth-order valence-electron chi connectivity index (χ4n) is 3.74. The van der Waals surface area contributed by atoms with Crippen molar-refractivity contribution in [1.82, 2.24) is 19.7 Å². The summed E-state index contributed by atoms with van der Waals surface area (Å²) < 4.78 is 47.5. The summed E-state index contributed by atoms with van der Waals surface area (Å²) >= 11 is 0. The van der Waals surface area contributed by atoms with Gasteiger partial charge in [-0.15, -0.1) is 0 Å². The Kier molecular flexibility index (Phi) is 6.11. The van der Waals surface area contributed by atoms with Crippen LogP contribution in [0.25, 0.3) is 11.5 Å². The number of hydrogen-bond donors (Lipinski definition) is 1. The van der Waals surface area contributed by atoms with Gasteiger partial charge in [-0.1, -0.05) is 18.2 Å². The lowest BCUT2D eigenvalue weighted by molar-refractivity contribution is 0.365. The fourth-order valence-corrected chi connectivity index (χ4v) is 4.75. The number of anilines is 1. The first-order chi connectivity index (χ1) is 15.3. The summed E-state index contributed by atoms with van der Waals surface area (Å²) in [6.07, 6.45) is 2.16. The van der Waals surface area contributed by atoms with Gasteiger partial charge in [-0.05, 0) is 24.8 Å². The summed E-state index contributed by atoms with van der Waals surface area (Å²) in [5.41, 5.74) is 0.822. The number of hydrogen-bond acceptors (Lipinski definition) is 6. The third-order valence-electron chi connectivity index (χ3n) is 5.49. The second-order valence-electron chi connectivity index (χ2n) is 7.65. The monoisotopic (exact) mass is 462 g/mol. The molecule has 1 aromatic carbocycles. The molecular weight excluding hydrogens is 438 g/mol. The lowest BCUT2D eigenvalue weighted by Crippen LogP contribution is -2.42. The number of benzene rings is 1. The highest BCUT2D eigenvalue weighted by Gasteiger charge is 2.27. The van der Waals surface area contributed by atoms with Crippen molar-refractivity contribution in [1.29, 1.82) is 0 Å². The van der Waals surface area contributed by atoms with E-state index in [1.165, 1.54) is 17.9 Å². The summed E-state index contributed by atoms with van der Waals surface area (Å²) in [7, 11) is -1.15. The third-order valence-corrected chi connectivity index (χ3v) is 7.09. The van der Waals surface area contributed by atoms with Crippen molar-refractivity contribution in [2.75, 3.05) is 25.1 Å². The molecule has 1 aliphatic rings. The molecule has 0 spiro atoms. The second kappa shape index (κ2) is 8.83. The zero-order valence-corrected chi connectivity index (χ0v) is 18.4. The summed E-state index contributed by atoms with van der Waals surface area (Å²) in [5, 5.41) is 9.91. The van der Waals surface area contributed by atoms with Crippen molar-refractivity contribution in [2.45, 2.75) is 24.6 Å². The highest BCUT2D eigenvalue weighted by molar-refractivity contribution is 7.98. The van der Waals surface area contributed by atoms with Crippen molar-refractivity contribution in [3.8, 4) is 17.4 Å². The van der Waals surface area contributed by atoms with Crippen LogP contribution in [0.3, 0.4) is 0 Å². The molecule has 1 saturated heterocycles. The molecule has 0 saturated carbocycles.